The van der Waals surface area contributed by atoms with E-state index in [1.807, 2.05) is 13.0 Å². The van der Waals surface area contributed by atoms with Gasteiger partial charge < -0.3 is 15.6 Å². The molecule has 1 atom stereocenters. The highest BCUT2D eigenvalue weighted by Gasteiger charge is 2.10. The predicted molar refractivity (Wildman–Crippen MR) is 83.7 cm³/mol. The lowest BCUT2D eigenvalue weighted by molar-refractivity contribution is 0.0947. The van der Waals surface area contributed by atoms with Crippen LogP contribution in [0.25, 0.3) is 0 Å². The van der Waals surface area contributed by atoms with Gasteiger partial charge in [0.2, 0.25) is 0 Å². The number of rotatable bonds is 7. The summed E-state index contributed by atoms with van der Waals surface area (Å²) in [5.41, 5.74) is 4.97. The second kappa shape index (κ2) is 7.87. The first-order valence-corrected chi connectivity index (χ1v) is 7.05. The molecule has 1 rings (SSSR count). The summed E-state index contributed by atoms with van der Waals surface area (Å²) in [6.07, 6.45) is 1.11. The third-order valence-electron chi connectivity index (χ3n) is 3.73. The highest BCUT2D eigenvalue weighted by Crippen LogP contribution is 2.14. The molecule has 0 spiro atoms. The van der Waals surface area contributed by atoms with Gasteiger partial charge in [0.1, 0.15) is 0 Å². The number of hydrazine groups is 1. The molecular formula is C15H26N4O. The van der Waals surface area contributed by atoms with Crippen molar-refractivity contribution in [1.82, 2.24) is 10.2 Å². The molecule has 0 fully saturated rings. The second-order valence-electron chi connectivity index (χ2n) is 5.17. The van der Waals surface area contributed by atoms with E-state index in [2.05, 4.69) is 36.5 Å². The fourth-order valence-electron chi connectivity index (χ4n) is 1.98. The molecule has 0 heterocycles. The largest absolute Gasteiger partial charge is 0.351 e. The minimum absolute atomic E-state index is 0.0383. The Morgan fingerprint density at radius 1 is 1.45 bits per heavy atom. The topological polar surface area (TPSA) is 70.4 Å². The van der Waals surface area contributed by atoms with Crippen LogP contribution in [0.3, 0.4) is 0 Å². The smallest absolute Gasteiger partial charge is 0.251 e. The Hall–Kier alpha value is -1.59. The number of anilines is 1. The number of benzene rings is 1. The quantitative estimate of drug-likeness (QED) is 0.525. The van der Waals surface area contributed by atoms with E-state index < -0.39 is 0 Å². The van der Waals surface area contributed by atoms with Crippen LogP contribution in [0, 0.1) is 6.92 Å². The van der Waals surface area contributed by atoms with Crippen molar-refractivity contribution in [3.63, 3.8) is 0 Å². The summed E-state index contributed by atoms with van der Waals surface area (Å²) < 4.78 is 0. The van der Waals surface area contributed by atoms with E-state index in [1.54, 1.807) is 12.1 Å². The molecule has 20 heavy (non-hydrogen) atoms. The molecule has 0 aliphatic carbocycles. The molecule has 0 radical (unpaired) electrons. The van der Waals surface area contributed by atoms with Gasteiger partial charge in [0, 0.05) is 30.4 Å². The third kappa shape index (κ3) is 4.51. The summed E-state index contributed by atoms with van der Waals surface area (Å²) in [5.74, 6) is 5.31. The molecule has 5 nitrogen and oxygen atoms in total. The first-order valence-electron chi connectivity index (χ1n) is 7.05. The fraction of sp³-hybridized carbons (Fsp3) is 0.533. The van der Waals surface area contributed by atoms with Crippen molar-refractivity contribution in [2.75, 3.05) is 25.6 Å². The molecule has 112 valence electrons. The van der Waals surface area contributed by atoms with Crippen LogP contribution in [0.15, 0.2) is 18.2 Å². The summed E-state index contributed by atoms with van der Waals surface area (Å²) in [6.45, 7) is 7.75. The maximum atomic E-state index is 12.1. The van der Waals surface area contributed by atoms with Gasteiger partial charge in [0.05, 0.1) is 0 Å². The molecule has 1 unspecified atom stereocenters. The number of hydrogen-bond donors (Lipinski definition) is 3. The molecule has 0 aromatic heterocycles. The van der Waals surface area contributed by atoms with Crippen LogP contribution in [0.2, 0.25) is 0 Å². The Balaban J connectivity index is 2.51. The number of aryl methyl sites for hydroxylation is 1. The van der Waals surface area contributed by atoms with Crippen LogP contribution in [0.4, 0.5) is 5.69 Å². The van der Waals surface area contributed by atoms with Crippen molar-refractivity contribution in [3.8, 4) is 0 Å². The molecule has 0 aliphatic rings. The van der Waals surface area contributed by atoms with Crippen LogP contribution in [-0.2, 0) is 0 Å². The van der Waals surface area contributed by atoms with Gasteiger partial charge in [-0.2, -0.15) is 0 Å². The molecule has 5 heteroatoms. The van der Waals surface area contributed by atoms with Crippen LogP contribution in [0.1, 0.15) is 36.2 Å². The first-order chi connectivity index (χ1) is 9.49. The molecule has 1 aromatic carbocycles. The van der Waals surface area contributed by atoms with Crippen molar-refractivity contribution in [2.24, 2.45) is 5.84 Å². The minimum Gasteiger partial charge on any atom is -0.351 e. The highest BCUT2D eigenvalue weighted by atomic mass is 16.1. The normalized spacial score (nSPS) is 12.3. The molecule has 0 bridgehead atoms. The molecule has 4 N–H and O–H groups in total. The summed E-state index contributed by atoms with van der Waals surface area (Å²) in [4.78, 5) is 14.3. The second-order valence-corrected chi connectivity index (χ2v) is 5.17. The van der Waals surface area contributed by atoms with Crippen molar-refractivity contribution < 1.29 is 4.79 Å². The summed E-state index contributed by atoms with van der Waals surface area (Å²) in [5, 5.41) is 2.95. The Morgan fingerprint density at radius 3 is 2.70 bits per heavy atom. The average molecular weight is 278 g/mol. The van der Waals surface area contributed by atoms with Gasteiger partial charge in [-0.05, 0) is 51.1 Å². The number of carbonyl (C=O) groups is 1. The number of nitrogens with two attached hydrogens (primary N) is 1. The SMILES string of the molecule is CCC(C)N(C)CCNC(=O)c1ccc(NN)cc1C. The van der Waals surface area contributed by atoms with E-state index in [1.165, 1.54) is 0 Å². The average Bonchev–Trinajstić information content (AvgIpc) is 2.45. The zero-order valence-corrected chi connectivity index (χ0v) is 12.9. The van der Waals surface area contributed by atoms with Crippen molar-refractivity contribution in [2.45, 2.75) is 33.2 Å². The molecule has 1 aromatic rings. The minimum atomic E-state index is -0.0383. The Labute approximate surface area is 121 Å². The number of nitrogen functional groups attached to an aromatic ring is 1. The van der Waals surface area contributed by atoms with Gasteiger partial charge in [-0.15, -0.1) is 0 Å². The van der Waals surface area contributed by atoms with Gasteiger partial charge in [0.25, 0.3) is 5.91 Å². The van der Waals surface area contributed by atoms with E-state index in [0.29, 0.717) is 18.2 Å². The van der Waals surface area contributed by atoms with Crippen molar-refractivity contribution >= 4 is 11.6 Å². The highest BCUT2D eigenvalue weighted by molar-refractivity contribution is 5.96. The van der Waals surface area contributed by atoms with Gasteiger partial charge in [-0.3, -0.25) is 10.6 Å². The van der Waals surface area contributed by atoms with Gasteiger partial charge in [0.15, 0.2) is 0 Å². The monoisotopic (exact) mass is 278 g/mol. The Kier molecular flexibility index (Phi) is 6.48. The summed E-state index contributed by atoms with van der Waals surface area (Å²) in [6, 6.07) is 5.98. The standard InChI is InChI=1S/C15H26N4O/c1-5-12(3)19(4)9-8-17-15(20)14-7-6-13(18-16)10-11(14)2/h6-7,10,12,18H,5,8-9,16H2,1-4H3,(H,17,20). The maximum Gasteiger partial charge on any atom is 0.251 e. The maximum absolute atomic E-state index is 12.1. The summed E-state index contributed by atoms with van der Waals surface area (Å²) in [7, 11) is 2.08. The van der Waals surface area contributed by atoms with Gasteiger partial charge in [-0.25, -0.2) is 0 Å². The van der Waals surface area contributed by atoms with Crippen molar-refractivity contribution in [1.29, 1.82) is 0 Å². The van der Waals surface area contributed by atoms with E-state index in [9.17, 15) is 4.79 Å². The number of likely N-dealkylation sites (N-methyl/N-ethyl adjacent to an activating group) is 1. The summed E-state index contributed by atoms with van der Waals surface area (Å²) >= 11 is 0. The van der Waals surface area contributed by atoms with Gasteiger partial charge in [-0.1, -0.05) is 6.92 Å². The fourth-order valence-corrected chi connectivity index (χ4v) is 1.98. The van der Waals surface area contributed by atoms with Crippen molar-refractivity contribution in [3.05, 3.63) is 29.3 Å². The van der Waals surface area contributed by atoms with Crippen LogP contribution < -0.4 is 16.6 Å². The molecule has 0 saturated carbocycles. The number of hydrogen-bond acceptors (Lipinski definition) is 4. The van der Waals surface area contributed by atoms with Crippen LogP contribution in [0.5, 0.6) is 0 Å². The zero-order valence-electron chi connectivity index (χ0n) is 12.9. The molecular weight excluding hydrogens is 252 g/mol. The molecule has 1 amide bonds. The molecule has 0 aliphatic heterocycles. The van der Waals surface area contributed by atoms with E-state index in [4.69, 9.17) is 5.84 Å². The predicted octanol–water partition coefficient (Wildman–Crippen LogP) is 1.74. The van der Waals surface area contributed by atoms with Crippen LogP contribution in [-0.4, -0.2) is 37.0 Å². The molecule has 0 saturated heterocycles. The Morgan fingerprint density at radius 2 is 2.15 bits per heavy atom. The van der Waals surface area contributed by atoms with Crippen LogP contribution >= 0.6 is 0 Å². The number of amides is 1. The van der Waals surface area contributed by atoms with E-state index >= 15 is 0 Å². The lowest BCUT2D eigenvalue weighted by Gasteiger charge is -2.23. The number of nitrogens with one attached hydrogen (secondary N) is 2. The van der Waals surface area contributed by atoms with Gasteiger partial charge >= 0.3 is 0 Å². The van der Waals surface area contributed by atoms with E-state index in [-0.39, 0.29) is 5.91 Å². The zero-order chi connectivity index (χ0) is 15.1. The first kappa shape index (κ1) is 16.5. The number of nitrogens with zero attached hydrogens (tertiary/aromatic N) is 1. The number of carbonyl (C=O) groups excluding carboxylic acids is 1. The van der Waals surface area contributed by atoms with E-state index in [0.717, 1.165) is 24.2 Å². The Bertz CT molecular complexity index is 447. The lowest BCUT2D eigenvalue weighted by Crippen LogP contribution is -2.37. The lowest BCUT2D eigenvalue weighted by atomic mass is 10.1. The third-order valence-corrected chi connectivity index (χ3v) is 3.73.